The van der Waals surface area contributed by atoms with Crippen molar-refractivity contribution in [1.82, 2.24) is 0 Å². The van der Waals surface area contributed by atoms with Crippen LogP contribution >= 0.6 is 0 Å². The number of hydrogen-bond donors (Lipinski definition) is 0. The molecule has 0 bridgehead atoms. The van der Waals surface area contributed by atoms with E-state index in [1.165, 1.54) is 7.11 Å². The van der Waals surface area contributed by atoms with Crippen molar-refractivity contribution in [2.24, 2.45) is 0 Å². The standard InChI is InChI=1S/C9H14O4/c1-11-7-5-3-4-6-8(7)13-9(10)12-2/h3-6H2,1-2H3. The molecule has 0 aromatic rings. The Kier molecular flexibility index (Phi) is 3.61. The fourth-order valence-electron chi connectivity index (χ4n) is 1.32. The first kappa shape index (κ1) is 9.89. The molecule has 74 valence electrons. The Labute approximate surface area is 77.5 Å². The normalized spacial score (nSPS) is 16.8. The van der Waals surface area contributed by atoms with Gasteiger partial charge >= 0.3 is 6.16 Å². The van der Waals surface area contributed by atoms with Crippen molar-refractivity contribution in [2.45, 2.75) is 25.7 Å². The third kappa shape index (κ3) is 2.65. The third-order valence-corrected chi connectivity index (χ3v) is 1.99. The number of ether oxygens (including phenoxy) is 3. The molecule has 1 rings (SSSR count). The smallest absolute Gasteiger partial charge is 0.498 e. The Balaban J connectivity index is 2.62. The van der Waals surface area contributed by atoms with E-state index in [9.17, 15) is 4.79 Å². The Morgan fingerprint density at radius 3 is 2.31 bits per heavy atom. The topological polar surface area (TPSA) is 44.8 Å². The maximum atomic E-state index is 10.8. The molecule has 0 spiro atoms. The molecular weight excluding hydrogens is 172 g/mol. The van der Waals surface area contributed by atoms with Crippen LogP contribution in [-0.4, -0.2) is 20.4 Å². The average Bonchev–Trinajstić information content (AvgIpc) is 2.18. The molecule has 0 heterocycles. The molecule has 0 saturated carbocycles. The van der Waals surface area contributed by atoms with Gasteiger partial charge in [-0.15, -0.1) is 0 Å². The minimum absolute atomic E-state index is 0.612. The van der Waals surface area contributed by atoms with Gasteiger partial charge in [-0.1, -0.05) is 0 Å². The fourth-order valence-corrected chi connectivity index (χ4v) is 1.32. The highest BCUT2D eigenvalue weighted by Crippen LogP contribution is 2.25. The summed E-state index contributed by atoms with van der Waals surface area (Å²) in [7, 11) is 2.87. The first-order valence-electron chi connectivity index (χ1n) is 4.29. The maximum absolute atomic E-state index is 10.8. The van der Waals surface area contributed by atoms with E-state index in [1.54, 1.807) is 7.11 Å². The van der Waals surface area contributed by atoms with Gasteiger partial charge in [0.15, 0.2) is 0 Å². The van der Waals surface area contributed by atoms with Gasteiger partial charge in [-0.25, -0.2) is 4.79 Å². The van der Waals surface area contributed by atoms with Crippen molar-refractivity contribution >= 4 is 6.16 Å². The van der Waals surface area contributed by atoms with Gasteiger partial charge in [0.25, 0.3) is 0 Å². The number of hydrogen-bond acceptors (Lipinski definition) is 4. The van der Waals surface area contributed by atoms with Crippen LogP contribution in [0.3, 0.4) is 0 Å². The number of allylic oxidation sites excluding steroid dienone is 2. The van der Waals surface area contributed by atoms with Gasteiger partial charge in [0, 0.05) is 12.8 Å². The molecule has 0 fully saturated rings. The van der Waals surface area contributed by atoms with E-state index in [2.05, 4.69) is 4.74 Å². The first-order chi connectivity index (χ1) is 6.27. The lowest BCUT2D eigenvalue weighted by Crippen LogP contribution is -2.10. The molecule has 0 unspecified atom stereocenters. The second-order valence-electron chi connectivity index (χ2n) is 2.81. The van der Waals surface area contributed by atoms with Crippen LogP contribution in [0.4, 0.5) is 4.79 Å². The molecule has 0 aliphatic heterocycles. The van der Waals surface area contributed by atoms with Crippen LogP contribution in [0.1, 0.15) is 25.7 Å². The Bertz CT molecular complexity index is 220. The van der Waals surface area contributed by atoms with E-state index in [1.807, 2.05) is 0 Å². The maximum Gasteiger partial charge on any atom is 0.513 e. The molecule has 4 nitrogen and oxygen atoms in total. The van der Waals surface area contributed by atoms with Gasteiger partial charge < -0.3 is 14.2 Å². The zero-order valence-corrected chi connectivity index (χ0v) is 7.96. The summed E-state index contributed by atoms with van der Waals surface area (Å²) in [5, 5.41) is 0. The van der Waals surface area contributed by atoms with Crippen LogP contribution in [0.25, 0.3) is 0 Å². The summed E-state index contributed by atoms with van der Waals surface area (Å²) in [4.78, 5) is 10.8. The molecular formula is C9H14O4. The molecule has 13 heavy (non-hydrogen) atoms. The second-order valence-corrected chi connectivity index (χ2v) is 2.81. The zero-order valence-electron chi connectivity index (χ0n) is 7.96. The summed E-state index contributed by atoms with van der Waals surface area (Å²) in [6, 6.07) is 0. The molecule has 0 saturated heterocycles. The second kappa shape index (κ2) is 4.74. The minimum Gasteiger partial charge on any atom is -0.498 e. The van der Waals surface area contributed by atoms with Crippen molar-refractivity contribution in [3.63, 3.8) is 0 Å². The van der Waals surface area contributed by atoms with E-state index in [0.29, 0.717) is 5.76 Å². The highest BCUT2D eigenvalue weighted by molar-refractivity contribution is 5.61. The van der Waals surface area contributed by atoms with Gasteiger partial charge in [0.2, 0.25) is 0 Å². The van der Waals surface area contributed by atoms with E-state index < -0.39 is 6.16 Å². The van der Waals surface area contributed by atoms with Crippen LogP contribution in [0.2, 0.25) is 0 Å². The summed E-state index contributed by atoms with van der Waals surface area (Å²) < 4.78 is 14.4. The van der Waals surface area contributed by atoms with E-state index in [0.717, 1.165) is 31.4 Å². The molecule has 0 amide bonds. The quantitative estimate of drug-likeness (QED) is 0.620. The number of methoxy groups -OCH3 is 2. The van der Waals surface area contributed by atoms with E-state index >= 15 is 0 Å². The molecule has 1 aliphatic rings. The summed E-state index contributed by atoms with van der Waals surface area (Å²) in [5.74, 6) is 1.37. The van der Waals surface area contributed by atoms with Crippen molar-refractivity contribution in [2.75, 3.05) is 14.2 Å². The lowest BCUT2D eigenvalue weighted by atomic mass is 10.0. The number of rotatable bonds is 2. The predicted molar refractivity (Wildman–Crippen MR) is 46.0 cm³/mol. The van der Waals surface area contributed by atoms with Gasteiger partial charge in [0.05, 0.1) is 14.2 Å². The first-order valence-corrected chi connectivity index (χ1v) is 4.29. The SMILES string of the molecule is COC(=O)OC1=C(OC)CCCC1. The average molecular weight is 186 g/mol. The molecule has 4 heteroatoms. The van der Waals surface area contributed by atoms with Gasteiger partial charge in [0.1, 0.15) is 11.5 Å². The largest absolute Gasteiger partial charge is 0.513 e. The van der Waals surface area contributed by atoms with Crippen LogP contribution < -0.4 is 0 Å². The van der Waals surface area contributed by atoms with Crippen molar-refractivity contribution < 1.29 is 19.0 Å². The molecule has 0 atom stereocenters. The zero-order chi connectivity index (χ0) is 9.68. The Hall–Kier alpha value is -1.19. The highest BCUT2D eigenvalue weighted by Gasteiger charge is 2.17. The van der Waals surface area contributed by atoms with Crippen molar-refractivity contribution in [3.8, 4) is 0 Å². The lowest BCUT2D eigenvalue weighted by molar-refractivity contribution is 0.0854. The summed E-state index contributed by atoms with van der Waals surface area (Å²) in [5.41, 5.74) is 0. The fraction of sp³-hybridized carbons (Fsp3) is 0.667. The van der Waals surface area contributed by atoms with Gasteiger partial charge in [-0.2, -0.15) is 0 Å². The van der Waals surface area contributed by atoms with Gasteiger partial charge in [-0.05, 0) is 12.8 Å². The number of carbonyl (C=O) groups excluding carboxylic acids is 1. The Morgan fingerprint density at radius 2 is 1.77 bits per heavy atom. The molecule has 0 radical (unpaired) electrons. The van der Waals surface area contributed by atoms with Crippen LogP contribution in [-0.2, 0) is 14.2 Å². The summed E-state index contributed by atoms with van der Waals surface area (Å²) >= 11 is 0. The van der Waals surface area contributed by atoms with Crippen molar-refractivity contribution in [1.29, 1.82) is 0 Å². The third-order valence-electron chi connectivity index (χ3n) is 1.99. The monoisotopic (exact) mass is 186 g/mol. The number of carbonyl (C=O) groups is 1. The summed E-state index contributed by atoms with van der Waals surface area (Å²) in [6.45, 7) is 0. The van der Waals surface area contributed by atoms with E-state index in [-0.39, 0.29) is 0 Å². The molecule has 0 N–H and O–H groups in total. The highest BCUT2D eigenvalue weighted by atomic mass is 16.7. The van der Waals surface area contributed by atoms with Gasteiger partial charge in [-0.3, -0.25) is 0 Å². The van der Waals surface area contributed by atoms with Crippen molar-refractivity contribution in [3.05, 3.63) is 11.5 Å². The summed E-state index contributed by atoms with van der Waals surface area (Å²) in [6.07, 6.45) is 3.02. The molecule has 1 aliphatic carbocycles. The van der Waals surface area contributed by atoms with Crippen LogP contribution in [0.5, 0.6) is 0 Å². The molecule has 0 aromatic heterocycles. The van der Waals surface area contributed by atoms with E-state index in [4.69, 9.17) is 9.47 Å². The van der Waals surface area contributed by atoms with Crippen LogP contribution in [0, 0.1) is 0 Å². The Morgan fingerprint density at radius 1 is 1.15 bits per heavy atom. The predicted octanol–water partition coefficient (Wildman–Crippen LogP) is 2.20. The lowest BCUT2D eigenvalue weighted by Gasteiger charge is -2.17. The van der Waals surface area contributed by atoms with Crippen LogP contribution in [0.15, 0.2) is 11.5 Å². The minimum atomic E-state index is -0.675. The molecule has 0 aromatic carbocycles.